The maximum atomic E-state index is 12.1. The summed E-state index contributed by atoms with van der Waals surface area (Å²) < 4.78 is 0. The van der Waals surface area contributed by atoms with Crippen molar-refractivity contribution in [3.8, 4) is 5.75 Å². The number of hydrogen-bond acceptors (Lipinski definition) is 3. The molecule has 3 N–H and O–H groups in total. The number of phenols is 1. The van der Waals surface area contributed by atoms with Crippen molar-refractivity contribution in [2.45, 2.75) is 6.42 Å². The van der Waals surface area contributed by atoms with Gasteiger partial charge in [-0.2, -0.15) is 0 Å². The van der Waals surface area contributed by atoms with Crippen LogP contribution in [0.4, 0.5) is 11.4 Å². The molecule has 0 spiro atoms. The zero-order valence-electron chi connectivity index (χ0n) is 10.3. The Morgan fingerprint density at radius 3 is 2.74 bits per heavy atom. The molecule has 0 bridgehead atoms. The molecule has 2 aromatic rings. The molecule has 0 aliphatic carbocycles. The molecule has 2 aromatic carbocycles. The molecule has 0 saturated heterocycles. The van der Waals surface area contributed by atoms with Crippen molar-refractivity contribution in [1.82, 2.24) is 0 Å². The van der Waals surface area contributed by atoms with Crippen LogP contribution in [0.2, 0.25) is 0 Å². The van der Waals surface area contributed by atoms with E-state index in [1.54, 1.807) is 24.3 Å². The first kappa shape index (κ1) is 11.6. The lowest BCUT2D eigenvalue weighted by molar-refractivity contribution is 0.102. The molecule has 1 heterocycles. The number of hydrogen-bond donors (Lipinski definition) is 3. The minimum absolute atomic E-state index is 0.139. The zero-order valence-corrected chi connectivity index (χ0v) is 10.3. The maximum Gasteiger partial charge on any atom is 0.255 e. The molecule has 3 rings (SSSR count). The van der Waals surface area contributed by atoms with Gasteiger partial charge in [0.05, 0.1) is 0 Å². The molecule has 0 aromatic heterocycles. The number of carbonyl (C=O) groups is 1. The Morgan fingerprint density at radius 2 is 1.95 bits per heavy atom. The molecule has 4 heteroatoms. The van der Waals surface area contributed by atoms with E-state index in [0.29, 0.717) is 11.3 Å². The summed E-state index contributed by atoms with van der Waals surface area (Å²) in [5.41, 5.74) is 3.61. The van der Waals surface area contributed by atoms with Gasteiger partial charge in [0.25, 0.3) is 5.91 Å². The Morgan fingerprint density at radius 1 is 1.16 bits per heavy atom. The average Bonchev–Trinajstić information content (AvgIpc) is 2.88. The van der Waals surface area contributed by atoms with Gasteiger partial charge in [0.1, 0.15) is 5.75 Å². The molecule has 19 heavy (non-hydrogen) atoms. The summed E-state index contributed by atoms with van der Waals surface area (Å²) in [4.78, 5) is 12.1. The Labute approximate surface area is 111 Å². The first-order chi connectivity index (χ1) is 9.22. The van der Waals surface area contributed by atoms with Crippen LogP contribution in [0.15, 0.2) is 42.5 Å². The number of aromatic hydroxyl groups is 1. The van der Waals surface area contributed by atoms with E-state index < -0.39 is 0 Å². The third kappa shape index (κ3) is 2.38. The fourth-order valence-corrected chi connectivity index (χ4v) is 2.19. The number of phenolic OH excluding ortho intramolecular Hbond substituents is 1. The standard InChI is InChI=1S/C15H14N2O2/c18-13-4-2-12(3-5-13)17-15(19)11-1-6-14-10(9-11)7-8-16-14/h1-6,9,16,18H,7-8H2,(H,17,19). The van der Waals surface area contributed by atoms with Gasteiger partial charge in [-0.3, -0.25) is 4.79 Å². The molecule has 96 valence electrons. The largest absolute Gasteiger partial charge is 0.508 e. The van der Waals surface area contributed by atoms with Crippen molar-refractivity contribution in [2.75, 3.05) is 17.2 Å². The van der Waals surface area contributed by atoms with Crippen molar-refractivity contribution < 1.29 is 9.90 Å². The SMILES string of the molecule is O=C(Nc1ccc(O)cc1)c1ccc2c(c1)CCN2. The fraction of sp³-hybridized carbons (Fsp3) is 0.133. The number of amides is 1. The van der Waals surface area contributed by atoms with Crippen LogP contribution in [-0.4, -0.2) is 17.6 Å². The van der Waals surface area contributed by atoms with E-state index in [4.69, 9.17) is 0 Å². The number of fused-ring (bicyclic) bond motifs is 1. The van der Waals surface area contributed by atoms with E-state index in [1.807, 2.05) is 18.2 Å². The normalized spacial score (nSPS) is 12.6. The van der Waals surface area contributed by atoms with Crippen molar-refractivity contribution in [2.24, 2.45) is 0 Å². The monoisotopic (exact) mass is 254 g/mol. The van der Waals surface area contributed by atoms with Gasteiger partial charge in [-0.25, -0.2) is 0 Å². The van der Waals surface area contributed by atoms with Crippen molar-refractivity contribution in [3.05, 3.63) is 53.6 Å². The van der Waals surface area contributed by atoms with Crippen LogP contribution in [0.5, 0.6) is 5.75 Å². The molecule has 1 aliphatic heterocycles. The van der Waals surface area contributed by atoms with Gasteiger partial charge >= 0.3 is 0 Å². The highest BCUT2D eigenvalue weighted by molar-refractivity contribution is 6.04. The van der Waals surface area contributed by atoms with Crippen LogP contribution in [0.3, 0.4) is 0 Å². The predicted molar refractivity (Wildman–Crippen MR) is 74.7 cm³/mol. The quantitative estimate of drug-likeness (QED) is 0.722. The number of rotatable bonds is 2. The number of nitrogens with one attached hydrogen (secondary N) is 2. The Bertz CT molecular complexity index is 621. The smallest absolute Gasteiger partial charge is 0.255 e. The van der Waals surface area contributed by atoms with E-state index in [9.17, 15) is 9.90 Å². The lowest BCUT2D eigenvalue weighted by Gasteiger charge is -2.07. The van der Waals surface area contributed by atoms with Gasteiger partial charge in [-0.1, -0.05) is 0 Å². The summed E-state index contributed by atoms with van der Waals surface area (Å²) in [7, 11) is 0. The molecule has 1 aliphatic rings. The first-order valence-electron chi connectivity index (χ1n) is 6.19. The third-order valence-corrected chi connectivity index (χ3v) is 3.20. The Kier molecular flexibility index (Phi) is 2.83. The van der Waals surface area contributed by atoms with E-state index >= 15 is 0 Å². The van der Waals surface area contributed by atoms with Gasteiger partial charge in [0.15, 0.2) is 0 Å². The highest BCUT2D eigenvalue weighted by Crippen LogP contribution is 2.23. The fourth-order valence-electron chi connectivity index (χ4n) is 2.19. The molecule has 0 saturated carbocycles. The third-order valence-electron chi connectivity index (χ3n) is 3.20. The van der Waals surface area contributed by atoms with Crippen molar-refractivity contribution in [1.29, 1.82) is 0 Å². The Hall–Kier alpha value is -2.49. The Balaban J connectivity index is 1.78. The molecule has 4 nitrogen and oxygen atoms in total. The summed E-state index contributed by atoms with van der Waals surface area (Å²) >= 11 is 0. The molecule has 1 amide bonds. The molecule has 0 atom stereocenters. The van der Waals surface area contributed by atoms with Crippen molar-refractivity contribution >= 4 is 17.3 Å². The van der Waals surface area contributed by atoms with Crippen LogP contribution in [0, 0.1) is 0 Å². The summed E-state index contributed by atoms with van der Waals surface area (Å²) in [5, 5.41) is 15.3. The van der Waals surface area contributed by atoms with Gasteiger partial charge in [0, 0.05) is 23.5 Å². The zero-order chi connectivity index (χ0) is 13.2. The van der Waals surface area contributed by atoms with Crippen LogP contribution in [0.1, 0.15) is 15.9 Å². The molecule has 0 unspecified atom stereocenters. The lowest BCUT2D eigenvalue weighted by Crippen LogP contribution is -2.11. The van der Waals surface area contributed by atoms with Gasteiger partial charge in [-0.15, -0.1) is 0 Å². The van der Waals surface area contributed by atoms with E-state index in [0.717, 1.165) is 18.7 Å². The lowest BCUT2D eigenvalue weighted by atomic mass is 10.1. The van der Waals surface area contributed by atoms with Gasteiger partial charge in [0.2, 0.25) is 0 Å². The van der Waals surface area contributed by atoms with Gasteiger partial charge in [-0.05, 0) is 54.4 Å². The molecular weight excluding hydrogens is 240 g/mol. The second-order valence-electron chi connectivity index (χ2n) is 4.55. The minimum atomic E-state index is -0.139. The molecule has 0 radical (unpaired) electrons. The van der Waals surface area contributed by atoms with E-state index in [-0.39, 0.29) is 11.7 Å². The summed E-state index contributed by atoms with van der Waals surface area (Å²) in [6.45, 7) is 0.929. The first-order valence-corrected chi connectivity index (χ1v) is 6.19. The summed E-state index contributed by atoms with van der Waals surface area (Å²) in [6.07, 6.45) is 0.954. The average molecular weight is 254 g/mol. The van der Waals surface area contributed by atoms with Crippen LogP contribution in [0.25, 0.3) is 0 Å². The summed E-state index contributed by atoms with van der Waals surface area (Å²) in [6, 6.07) is 12.1. The van der Waals surface area contributed by atoms with Crippen molar-refractivity contribution in [3.63, 3.8) is 0 Å². The van der Waals surface area contributed by atoms with E-state index in [1.165, 1.54) is 5.56 Å². The topological polar surface area (TPSA) is 61.4 Å². The van der Waals surface area contributed by atoms with Crippen LogP contribution >= 0.6 is 0 Å². The van der Waals surface area contributed by atoms with E-state index in [2.05, 4.69) is 10.6 Å². The van der Waals surface area contributed by atoms with Gasteiger partial charge < -0.3 is 15.7 Å². The maximum absolute atomic E-state index is 12.1. The number of anilines is 2. The predicted octanol–water partition coefficient (Wildman–Crippen LogP) is 2.61. The number of carbonyl (C=O) groups excluding carboxylic acids is 1. The second-order valence-corrected chi connectivity index (χ2v) is 4.55. The minimum Gasteiger partial charge on any atom is -0.508 e. The molecular formula is C15H14N2O2. The molecule has 0 fully saturated rings. The summed E-state index contributed by atoms with van der Waals surface area (Å²) in [5.74, 6) is 0.0435. The van der Waals surface area contributed by atoms with Crippen LogP contribution < -0.4 is 10.6 Å². The number of benzene rings is 2. The van der Waals surface area contributed by atoms with Crippen LogP contribution in [-0.2, 0) is 6.42 Å². The highest BCUT2D eigenvalue weighted by atomic mass is 16.3. The highest BCUT2D eigenvalue weighted by Gasteiger charge is 2.13. The second kappa shape index (κ2) is 4.65.